The number of nitrogens with zero attached hydrogens (tertiary/aromatic N) is 1. The van der Waals surface area contributed by atoms with Crippen LogP contribution in [0.2, 0.25) is 10.0 Å². The van der Waals surface area contributed by atoms with Gasteiger partial charge in [-0.3, -0.25) is 4.72 Å². The van der Waals surface area contributed by atoms with Crippen LogP contribution in [0.15, 0.2) is 45.8 Å². The van der Waals surface area contributed by atoms with Crippen molar-refractivity contribution in [3.8, 4) is 6.07 Å². The van der Waals surface area contributed by atoms with E-state index in [4.69, 9.17) is 28.5 Å². The summed E-state index contributed by atoms with van der Waals surface area (Å²) in [5.74, 6) is 0. The summed E-state index contributed by atoms with van der Waals surface area (Å²) in [6.45, 7) is 0. The highest BCUT2D eigenvalue weighted by Crippen LogP contribution is 2.28. The van der Waals surface area contributed by atoms with Gasteiger partial charge in [-0.15, -0.1) is 0 Å². The summed E-state index contributed by atoms with van der Waals surface area (Å²) >= 11 is 14.9. The highest BCUT2D eigenvalue weighted by Gasteiger charge is 2.18. The Bertz CT molecular complexity index is 848. The lowest BCUT2D eigenvalue weighted by atomic mass is 10.2. The van der Waals surface area contributed by atoms with Gasteiger partial charge in [-0.1, -0.05) is 39.1 Å². The average molecular weight is 406 g/mol. The van der Waals surface area contributed by atoms with E-state index < -0.39 is 10.0 Å². The number of benzene rings is 2. The lowest BCUT2D eigenvalue weighted by Crippen LogP contribution is -2.13. The largest absolute Gasteiger partial charge is 0.280 e. The van der Waals surface area contributed by atoms with Gasteiger partial charge in [0.25, 0.3) is 10.0 Å². The molecule has 21 heavy (non-hydrogen) atoms. The number of halogens is 3. The molecule has 0 aromatic heterocycles. The van der Waals surface area contributed by atoms with Gasteiger partial charge in [0.2, 0.25) is 0 Å². The minimum atomic E-state index is -3.85. The van der Waals surface area contributed by atoms with Crippen molar-refractivity contribution >= 4 is 54.8 Å². The van der Waals surface area contributed by atoms with Gasteiger partial charge in [0, 0.05) is 4.47 Å². The van der Waals surface area contributed by atoms with Crippen molar-refractivity contribution < 1.29 is 8.42 Å². The molecule has 108 valence electrons. The van der Waals surface area contributed by atoms with Crippen molar-refractivity contribution in [2.45, 2.75) is 4.90 Å². The Morgan fingerprint density at radius 2 is 1.81 bits per heavy atom. The molecule has 0 fully saturated rings. The second-order valence-electron chi connectivity index (χ2n) is 3.99. The van der Waals surface area contributed by atoms with Crippen LogP contribution in [-0.2, 0) is 10.0 Å². The quantitative estimate of drug-likeness (QED) is 0.820. The summed E-state index contributed by atoms with van der Waals surface area (Å²) < 4.78 is 27.6. The first-order valence-electron chi connectivity index (χ1n) is 5.51. The Hall–Kier alpha value is -1.26. The van der Waals surface area contributed by atoms with E-state index in [1.54, 1.807) is 6.07 Å². The summed E-state index contributed by atoms with van der Waals surface area (Å²) in [7, 11) is -3.85. The number of nitriles is 1. The van der Waals surface area contributed by atoms with E-state index in [-0.39, 0.29) is 26.2 Å². The van der Waals surface area contributed by atoms with Gasteiger partial charge >= 0.3 is 0 Å². The number of hydrogen-bond acceptors (Lipinski definition) is 3. The lowest BCUT2D eigenvalue weighted by molar-refractivity contribution is 0.601. The van der Waals surface area contributed by atoms with Crippen LogP contribution >= 0.6 is 39.1 Å². The van der Waals surface area contributed by atoms with Crippen LogP contribution in [0.3, 0.4) is 0 Å². The van der Waals surface area contributed by atoms with Crippen LogP contribution in [-0.4, -0.2) is 8.42 Å². The number of nitrogens with one attached hydrogen (secondary N) is 1. The summed E-state index contributed by atoms with van der Waals surface area (Å²) in [6.07, 6.45) is 0. The fraction of sp³-hybridized carbons (Fsp3) is 0. The zero-order chi connectivity index (χ0) is 15.6. The molecule has 0 amide bonds. The lowest BCUT2D eigenvalue weighted by Gasteiger charge is -2.10. The zero-order valence-electron chi connectivity index (χ0n) is 10.3. The van der Waals surface area contributed by atoms with Gasteiger partial charge < -0.3 is 0 Å². The van der Waals surface area contributed by atoms with Crippen LogP contribution in [0.1, 0.15) is 5.56 Å². The van der Waals surface area contributed by atoms with Crippen molar-refractivity contribution in [2.24, 2.45) is 0 Å². The van der Waals surface area contributed by atoms with Crippen molar-refractivity contribution in [3.63, 3.8) is 0 Å². The third kappa shape index (κ3) is 3.69. The molecular formula is C13H7BrCl2N2O2S. The molecule has 0 bridgehead atoms. The second kappa shape index (κ2) is 6.24. The topological polar surface area (TPSA) is 70.0 Å². The molecule has 2 rings (SSSR count). The van der Waals surface area contributed by atoms with Crippen LogP contribution in [0.25, 0.3) is 0 Å². The van der Waals surface area contributed by atoms with Crippen molar-refractivity contribution in [2.75, 3.05) is 4.72 Å². The van der Waals surface area contributed by atoms with Gasteiger partial charge in [0.1, 0.15) is 11.0 Å². The molecule has 0 unspecified atom stereocenters. The first kappa shape index (κ1) is 16.1. The van der Waals surface area contributed by atoms with E-state index in [0.717, 1.165) is 0 Å². The van der Waals surface area contributed by atoms with Gasteiger partial charge in [-0.2, -0.15) is 5.26 Å². The summed E-state index contributed by atoms with van der Waals surface area (Å²) in [5.41, 5.74) is 0.411. The fourth-order valence-electron chi connectivity index (χ4n) is 1.58. The molecule has 2 aromatic carbocycles. The molecule has 0 aliphatic carbocycles. The summed E-state index contributed by atoms with van der Waals surface area (Å²) in [6, 6.07) is 10.6. The van der Waals surface area contributed by atoms with E-state index in [2.05, 4.69) is 20.7 Å². The number of rotatable bonds is 3. The molecule has 0 aliphatic rings. The average Bonchev–Trinajstić information content (AvgIpc) is 2.40. The summed E-state index contributed by atoms with van der Waals surface area (Å²) in [5, 5.41) is 9.24. The van der Waals surface area contributed by atoms with Gasteiger partial charge in [0.15, 0.2) is 0 Å². The Balaban J connectivity index is 2.40. The van der Waals surface area contributed by atoms with Crippen LogP contribution in [0.5, 0.6) is 0 Å². The molecule has 0 heterocycles. The SMILES string of the molecule is N#Cc1cc(NS(=O)(=O)c2ccc(Br)cc2Cl)ccc1Cl. The maximum Gasteiger partial charge on any atom is 0.263 e. The van der Waals surface area contributed by atoms with Gasteiger partial charge in [-0.25, -0.2) is 8.42 Å². The maximum atomic E-state index is 12.3. The first-order valence-corrected chi connectivity index (χ1v) is 8.54. The molecule has 0 atom stereocenters. The molecular weight excluding hydrogens is 399 g/mol. The highest BCUT2D eigenvalue weighted by atomic mass is 79.9. The Labute approximate surface area is 140 Å². The van der Waals surface area contributed by atoms with Gasteiger partial charge in [-0.05, 0) is 36.4 Å². The molecule has 0 aliphatic heterocycles. The molecule has 2 aromatic rings. The Morgan fingerprint density at radius 3 is 2.43 bits per heavy atom. The number of hydrogen-bond donors (Lipinski definition) is 1. The summed E-state index contributed by atoms with van der Waals surface area (Å²) in [4.78, 5) is -0.0548. The number of sulfonamides is 1. The Kier molecular flexibility index (Phi) is 4.79. The molecule has 1 N–H and O–H groups in total. The monoisotopic (exact) mass is 404 g/mol. The van der Waals surface area contributed by atoms with E-state index in [0.29, 0.717) is 4.47 Å². The second-order valence-corrected chi connectivity index (χ2v) is 7.37. The maximum absolute atomic E-state index is 12.3. The van der Waals surface area contributed by atoms with Crippen molar-refractivity contribution in [1.82, 2.24) is 0 Å². The molecule has 8 heteroatoms. The fourth-order valence-corrected chi connectivity index (χ4v) is 3.83. The minimum absolute atomic E-state index is 0.0548. The standard InChI is InChI=1S/C13H7BrCl2N2O2S/c14-9-1-4-13(12(16)6-9)21(19,20)18-10-2-3-11(15)8(5-10)7-17/h1-6,18H. The Morgan fingerprint density at radius 1 is 1.10 bits per heavy atom. The van der Waals surface area contributed by atoms with Crippen LogP contribution in [0, 0.1) is 11.3 Å². The van der Waals surface area contributed by atoms with Crippen molar-refractivity contribution in [1.29, 1.82) is 5.26 Å². The van der Waals surface area contributed by atoms with Gasteiger partial charge in [0.05, 0.1) is 21.3 Å². The smallest absolute Gasteiger partial charge is 0.263 e. The highest BCUT2D eigenvalue weighted by molar-refractivity contribution is 9.10. The van der Waals surface area contributed by atoms with Crippen LogP contribution in [0.4, 0.5) is 5.69 Å². The zero-order valence-corrected chi connectivity index (χ0v) is 14.2. The predicted octanol–water partition coefficient (Wildman–Crippen LogP) is 4.43. The predicted molar refractivity (Wildman–Crippen MR) is 86.1 cm³/mol. The van der Waals surface area contributed by atoms with E-state index in [1.165, 1.54) is 30.3 Å². The van der Waals surface area contributed by atoms with Crippen molar-refractivity contribution in [3.05, 3.63) is 56.5 Å². The van der Waals surface area contributed by atoms with E-state index in [1.807, 2.05) is 6.07 Å². The molecule has 0 saturated carbocycles. The molecule has 4 nitrogen and oxygen atoms in total. The van der Waals surface area contributed by atoms with Crippen LogP contribution < -0.4 is 4.72 Å². The third-order valence-corrected chi connectivity index (χ3v) is 5.21. The van der Waals surface area contributed by atoms with E-state index in [9.17, 15) is 8.42 Å². The molecule has 0 saturated heterocycles. The molecule has 0 radical (unpaired) electrons. The van der Waals surface area contributed by atoms with E-state index >= 15 is 0 Å². The minimum Gasteiger partial charge on any atom is -0.280 e. The first-order chi connectivity index (χ1) is 9.83. The number of anilines is 1. The normalized spacial score (nSPS) is 11.0. The third-order valence-electron chi connectivity index (χ3n) is 2.52. The molecule has 0 spiro atoms.